The van der Waals surface area contributed by atoms with Crippen LogP contribution in [0, 0.1) is 0 Å². The summed E-state index contributed by atoms with van der Waals surface area (Å²) in [5.74, 6) is -3.43. The number of rotatable bonds is 11. The SMILES string of the molecule is CCOC(=O)N1CCN(C(=O)C(CCC(=O)O)NC(=O)c2cc(OC3(C(=O)O)CCC3)n(-c3ccccc3)n2)CC1. The molecule has 1 aromatic carbocycles. The number of benzene rings is 1. The van der Waals surface area contributed by atoms with Crippen LogP contribution in [-0.2, 0) is 19.1 Å². The van der Waals surface area contributed by atoms with Crippen molar-refractivity contribution in [3.05, 3.63) is 42.1 Å². The van der Waals surface area contributed by atoms with Gasteiger partial charge in [-0.2, -0.15) is 5.10 Å². The van der Waals surface area contributed by atoms with Crippen molar-refractivity contribution >= 4 is 29.8 Å². The Hall–Kier alpha value is -4.62. The highest BCUT2D eigenvalue weighted by Crippen LogP contribution is 2.37. The summed E-state index contributed by atoms with van der Waals surface area (Å²) in [6.07, 6.45) is 0.281. The summed E-state index contributed by atoms with van der Waals surface area (Å²) in [6, 6.07) is 8.85. The van der Waals surface area contributed by atoms with Crippen molar-refractivity contribution in [1.29, 1.82) is 0 Å². The number of nitrogens with one attached hydrogen (secondary N) is 1. The number of hydrogen-bond acceptors (Lipinski definition) is 8. The molecule has 3 N–H and O–H groups in total. The predicted octanol–water partition coefficient (Wildman–Crippen LogP) is 1.52. The molecular formula is C27H33N5O9. The fourth-order valence-corrected chi connectivity index (χ4v) is 4.66. The minimum atomic E-state index is -1.42. The van der Waals surface area contributed by atoms with Crippen molar-refractivity contribution in [2.75, 3.05) is 32.8 Å². The van der Waals surface area contributed by atoms with E-state index in [0.29, 0.717) is 24.9 Å². The summed E-state index contributed by atoms with van der Waals surface area (Å²) in [5, 5.41) is 25.9. The number of aliphatic carboxylic acids is 2. The summed E-state index contributed by atoms with van der Waals surface area (Å²) in [4.78, 5) is 64.8. The zero-order chi connectivity index (χ0) is 29.6. The average molecular weight is 572 g/mol. The van der Waals surface area contributed by atoms with Gasteiger partial charge in [-0.1, -0.05) is 18.2 Å². The molecule has 1 atom stereocenters. The van der Waals surface area contributed by atoms with Crippen molar-refractivity contribution in [2.24, 2.45) is 0 Å². The van der Waals surface area contributed by atoms with Crippen LogP contribution in [0.2, 0.25) is 0 Å². The number of nitrogens with zero attached hydrogens (tertiary/aromatic N) is 4. The molecule has 2 aromatic rings. The van der Waals surface area contributed by atoms with Gasteiger partial charge in [0, 0.05) is 38.7 Å². The Balaban J connectivity index is 1.53. The van der Waals surface area contributed by atoms with Crippen molar-refractivity contribution in [3.8, 4) is 11.6 Å². The van der Waals surface area contributed by atoms with E-state index >= 15 is 0 Å². The van der Waals surface area contributed by atoms with Gasteiger partial charge in [-0.05, 0) is 44.7 Å². The lowest BCUT2D eigenvalue weighted by atomic mass is 9.80. The van der Waals surface area contributed by atoms with Crippen molar-refractivity contribution in [3.63, 3.8) is 0 Å². The predicted molar refractivity (Wildman–Crippen MR) is 142 cm³/mol. The van der Waals surface area contributed by atoms with E-state index in [0.717, 1.165) is 0 Å². The van der Waals surface area contributed by atoms with E-state index in [1.165, 1.54) is 20.5 Å². The Bertz CT molecular complexity index is 1280. The van der Waals surface area contributed by atoms with E-state index in [-0.39, 0.29) is 57.2 Å². The number of piperazine rings is 1. The molecule has 1 saturated heterocycles. The summed E-state index contributed by atoms with van der Waals surface area (Å²) in [7, 11) is 0. The van der Waals surface area contributed by atoms with Crippen molar-refractivity contribution < 1.29 is 43.7 Å². The number of aromatic nitrogens is 2. The normalized spacial score (nSPS) is 16.7. The van der Waals surface area contributed by atoms with Crippen LogP contribution in [0.4, 0.5) is 4.79 Å². The number of amides is 3. The average Bonchev–Trinajstić information content (AvgIpc) is 3.37. The quantitative estimate of drug-likeness (QED) is 0.358. The number of carboxylic acid groups (broad SMARTS) is 2. The van der Waals surface area contributed by atoms with Gasteiger partial charge >= 0.3 is 18.0 Å². The summed E-state index contributed by atoms with van der Waals surface area (Å²) >= 11 is 0. The molecule has 2 heterocycles. The lowest BCUT2D eigenvalue weighted by Gasteiger charge is -2.37. The molecule has 41 heavy (non-hydrogen) atoms. The standard InChI is InChI=1S/C27H33N5O9/c1-2-40-26(39)31-15-13-30(14-16-31)24(36)19(9-10-22(33)34)28-23(35)20-17-21(41-27(25(37)38)11-6-12-27)32(29-20)18-7-4-3-5-8-18/h3-5,7-8,17,19H,2,6,9-16H2,1H3,(H,28,35)(H,33,34)(H,37,38). The number of carbonyl (C=O) groups excluding carboxylic acids is 3. The van der Waals surface area contributed by atoms with Crippen LogP contribution < -0.4 is 10.1 Å². The smallest absolute Gasteiger partial charge is 0.409 e. The van der Waals surface area contributed by atoms with Crippen LogP contribution in [0.5, 0.6) is 5.88 Å². The molecule has 2 aliphatic rings. The van der Waals surface area contributed by atoms with Gasteiger partial charge in [0.2, 0.25) is 17.4 Å². The molecule has 220 valence electrons. The lowest BCUT2D eigenvalue weighted by molar-refractivity contribution is -0.163. The Morgan fingerprint density at radius 1 is 1.02 bits per heavy atom. The molecule has 1 saturated carbocycles. The molecule has 3 amide bonds. The molecule has 4 rings (SSSR count). The van der Waals surface area contributed by atoms with E-state index in [2.05, 4.69) is 10.4 Å². The molecule has 1 aromatic heterocycles. The minimum absolute atomic E-state index is 0.0481. The molecule has 14 heteroatoms. The number of hydrogen-bond donors (Lipinski definition) is 3. The highest BCUT2D eigenvalue weighted by atomic mass is 16.6. The van der Waals surface area contributed by atoms with E-state index in [4.69, 9.17) is 9.47 Å². The lowest BCUT2D eigenvalue weighted by Crippen LogP contribution is -2.56. The van der Waals surface area contributed by atoms with Crippen LogP contribution in [0.25, 0.3) is 5.69 Å². The first-order chi connectivity index (χ1) is 19.6. The Kier molecular flexibility index (Phi) is 9.10. The zero-order valence-corrected chi connectivity index (χ0v) is 22.7. The fourth-order valence-electron chi connectivity index (χ4n) is 4.66. The second kappa shape index (κ2) is 12.7. The van der Waals surface area contributed by atoms with Gasteiger partial charge < -0.3 is 34.8 Å². The first-order valence-corrected chi connectivity index (χ1v) is 13.4. The van der Waals surface area contributed by atoms with E-state index in [1.807, 2.05) is 0 Å². The Morgan fingerprint density at radius 3 is 2.24 bits per heavy atom. The molecule has 1 aliphatic carbocycles. The maximum absolute atomic E-state index is 13.4. The van der Waals surface area contributed by atoms with Gasteiger partial charge in [0.05, 0.1) is 12.3 Å². The van der Waals surface area contributed by atoms with Gasteiger partial charge in [0.1, 0.15) is 6.04 Å². The van der Waals surface area contributed by atoms with Gasteiger partial charge in [-0.25, -0.2) is 14.3 Å². The Morgan fingerprint density at radius 2 is 1.68 bits per heavy atom. The first kappa shape index (κ1) is 29.4. The third-order valence-corrected chi connectivity index (χ3v) is 7.13. The zero-order valence-electron chi connectivity index (χ0n) is 22.7. The minimum Gasteiger partial charge on any atom is -0.481 e. The second-order valence-corrected chi connectivity index (χ2v) is 9.84. The van der Waals surface area contributed by atoms with Gasteiger partial charge in [0.15, 0.2) is 5.69 Å². The molecule has 0 spiro atoms. The molecule has 2 fully saturated rings. The highest BCUT2D eigenvalue weighted by Gasteiger charge is 2.48. The fraction of sp³-hybridized carbons (Fsp3) is 0.481. The summed E-state index contributed by atoms with van der Waals surface area (Å²) in [5.41, 5.74) is -1.03. The van der Waals surface area contributed by atoms with Gasteiger partial charge in [-0.3, -0.25) is 14.4 Å². The molecule has 0 bridgehead atoms. The molecular weight excluding hydrogens is 538 g/mol. The first-order valence-electron chi connectivity index (χ1n) is 13.4. The third kappa shape index (κ3) is 6.76. The van der Waals surface area contributed by atoms with E-state index in [9.17, 15) is 34.2 Å². The summed E-state index contributed by atoms with van der Waals surface area (Å²) < 4.78 is 12.2. The highest BCUT2D eigenvalue weighted by molar-refractivity contribution is 5.96. The van der Waals surface area contributed by atoms with Crippen LogP contribution in [0.15, 0.2) is 36.4 Å². The topological polar surface area (TPSA) is 181 Å². The van der Waals surface area contributed by atoms with Crippen LogP contribution in [0.1, 0.15) is 49.5 Å². The van der Waals surface area contributed by atoms with Gasteiger partial charge in [-0.15, -0.1) is 0 Å². The van der Waals surface area contributed by atoms with Crippen molar-refractivity contribution in [1.82, 2.24) is 24.9 Å². The second-order valence-electron chi connectivity index (χ2n) is 9.84. The largest absolute Gasteiger partial charge is 0.481 e. The van der Waals surface area contributed by atoms with Crippen LogP contribution in [-0.4, -0.2) is 104 Å². The van der Waals surface area contributed by atoms with Gasteiger partial charge in [0.25, 0.3) is 5.91 Å². The third-order valence-electron chi connectivity index (χ3n) is 7.13. The Labute approximate surface area is 235 Å². The maximum Gasteiger partial charge on any atom is 0.409 e. The number of carbonyl (C=O) groups is 5. The number of ether oxygens (including phenoxy) is 2. The summed E-state index contributed by atoms with van der Waals surface area (Å²) in [6.45, 7) is 2.77. The van der Waals surface area contributed by atoms with Crippen LogP contribution >= 0.6 is 0 Å². The molecule has 1 aliphatic heterocycles. The van der Waals surface area contributed by atoms with E-state index < -0.39 is 41.5 Å². The van der Waals surface area contributed by atoms with Crippen molar-refractivity contribution in [2.45, 2.75) is 50.7 Å². The molecule has 14 nitrogen and oxygen atoms in total. The molecule has 0 radical (unpaired) electrons. The number of carboxylic acids is 2. The maximum atomic E-state index is 13.4. The molecule has 1 unspecified atom stereocenters. The number of para-hydroxylation sites is 1. The van der Waals surface area contributed by atoms with E-state index in [1.54, 1.807) is 37.3 Å². The van der Waals surface area contributed by atoms with Crippen LogP contribution in [0.3, 0.4) is 0 Å². The monoisotopic (exact) mass is 571 g/mol.